The predicted molar refractivity (Wildman–Crippen MR) is 80.8 cm³/mol. The Labute approximate surface area is 126 Å². The number of thioether (sulfide) groups is 1. The molecular formula is C13H16N4OS2. The summed E-state index contributed by atoms with van der Waals surface area (Å²) < 4.78 is 0.834. The number of hydrogen-bond acceptors (Lipinski definition) is 6. The second-order valence-corrected chi connectivity index (χ2v) is 6.74. The number of hydrogen-bond donors (Lipinski definition) is 0. The SMILES string of the molecule is Cc1nnc(SCC(=O)N(C)[C@H](C)c2ccncc2)s1. The Kier molecular flexibility index (Phi) is 5.08. The zero-order valence-electron chi connectivity index (χ0n) is 11.6. The number of aryl methyl sites for hydroxylation is 1. The molecular weight excluding hydrogens is 292 g/mol. The molecule has 0 saturated carbocycles. The van der Waals surface area contributed by atoms with Crippen LogP contribution in [0.2, 0.25) is 0 Å². The summed E-state index contributed by atoms with van der Waals surface area (Å²) in [6.07, 6.45) is 3.48. The van der Waals surface area contributed by atoms with Gasteiger partial charge in [0.15, 0.2) is 4.34 Å². The number of aromatic nitrogens is 3. The monoisotopic (exact) mass is 308 g/mol. The van der Waals surface area contributed by atoms with E-state index >= 15 is 0 Å². The number of pyridine rings is 1. The van der Waals surface area contributed by atoms with Gasteiger partial charge in [0.05, 0.1) is 11.8 Å². The predicted octanol–water partition coefficient (Wildman–Crippen LogP) is 2.55. The lowest BCUT2D eigenvalue weighted by Gasteiger charge is -2.25. The molecule has 0 aliphatic carbocycles. The van der Waals surface area contributed by atoms with E-state index in [1.807, 2.05) is 33.0 Å². The highest BCUT2D eigenvalue weighted by Gasteiger charge is 2.18. The van der Waals surface area contributed by atoms with E-state index in [0.717, 1.165) is 14.9 Å². The molecule has 0 spiro atoms. The summed E-state index contributed by atoms with van der Waals surface area (Å²) in [4.78, 5) is 17.9. The van der Waals surface area contributed by atoms with Crippen molar-refractivity contribution in [2.75, 3.05) is 12.8 Å². The molecule has 0 aliphatic heterocycles. The standard InChI is InChI=1S/C13H16N4OS2/c1-9(11-4-6-14-7-5-11)17(3)12(18)8-19-13-16-15-10(2)20-13/h4-7,9H,8H2,1-3H3/t9-/m1/s1. The summed E-state index contributed by atoms with van der Waals surface area (Å²) in [5.41, 5.74) is 1.08. The molecule has 2 aromatic rings. The highest BCUT2D eigenvalue weighted by molar-refractivity contribution is 8.01. The van der Waals surface area contributed by atoms with E-state index in [0.29, 0.717) is 5.75 Å². The van der Waals surface area contributed by atoms with Crippen LogP contribution >= 0.6 is 23.1 Å². The molecule has 0 saturated heterocycles. The van der Waals surface area contributed by atoms with Gasteiger partial charge in [0.25, 0.3) is 0 Å². The molecule has 0 radical (unpaired) electrons. The maximum Gasteiger partial charge on any atom is 0.233 e. The fraction of sp³-hybridized carbons (Fsp3) is 0.385. The molecule has 2 heterocycles. The van der Waals surface area contributed by atoms with Gasteiger partial charge in [-0.05, 0) is 31.5 Å². The van der Waals surface area contributed by atoms with Crippen LogP contribution < -0.4 is 0 Å². The molecule has 1 amide bonds. The lowest BCUT2D eigenvalue weighted by atomic mass is 10.1. The fourth-order valence-corrected chi connectivity index (χ4v) is 3.38. The van der Waals surface area contributed by atoms with Crippen molar-refractivity contribution in [1.82, 2.24) is 20.1 Å². The summed E-state index contributed by atoms with van der Waals surface area (Å²) in [6, 6.07) is 3.88. The van der Waals surface area contributed by atoms with E-state index in [1.54, 1.807) is 17.3 Å². The minimum absolute atomic E-state index is 0.0299. The summed E-state index contributed by atoms with van der Waals surface area (Å²) in [6.45, 7) is 3.91. The fourth-order valence-electron chi connectivity index (χ4n) is 1.64. The van der Waals surface area contributed by atoms with E-state index in [9.17, 15) is 4.79 Å². The quantitative estimate of drug-likeness (QED) is 0.795. The van der Waals surface area contributed by atoms with Crippen molar-refractivity contribution in [1.29, 1.82) is 0 Å². The third kappa shape index (κ3) is 3.77. The smallest absolute Gasteiger partial charge is 0.233 e. The number of rotatable bonds is 5. The van der Waals surface area contributed by atoms with E-state index in [-0.39, 0.29) is 11.9 Å². The van der Waals surface area contributed by atoms with Crippen LogP contribution in [0.3, 0.4) is 0 Å². The van der Waals surface area contributed by atoms with Crippen molar-refractivity contribution in [2.45, 2.75) is 24.2 Å². The molecule has 20 heavy (non-hydrogen) atoms. The van der Waals surface area contributed by atoms with Crippen LogP contribution in [-0.2, 0) is 4.79 Å². The Morgan fingerprint density at radius 2 is 2.10 bits per heavy atom. The first-order valence-electron chi connectivity index (χ1n) is 6.16. The van der Waals surface area contributed by atoms with E-state index in [4.69, 9.17) is 0 Å². The minimum Gasteiger partial charge on any atom is -0.338 e. The zero-order valence-corrected chi connectivity index (χ0v) is 13.2. The highest BCUT2D eigenvalue weighted by Crippen LogP contribution is 2.24. The topological polar surface area (TPSA) is 59.0 Å². The average Bonchev–Trinajstić information content (AvgIpc) is 2.89. The summed E-state index contributed by atoms with van der Waals surface area (Å²) >= 11 is 2.94. The third-order valence-electron chi connectivity index (χ3n) is 2.99. The zero-order chi connectivity index (χ0) is 14.5. The lowest BCUT2D eigenvalue weighted by molar-refractivity contribution is -0.128. The second kappa shape index (κ2) is 6.81. The summed E-state index contributed by atoms with van der Waals surface area (Å²) in [5, 5.41) is 8.86. The first-order chi connectivity index (χ1) is 9.58. The molecule has 5 nitrogen and oxygen atoms in total. The van der Waals surface area contributed by atoms with Crippen molar-refractivity contribution < 1.29 is 4.79 Å². The van der Waals surface area contributed by atoms with Gasteiger partial charge < -0.3 is 4.90 Å². The second-order valence-electron chi connectivity index (χ2n) is 4.34. The van der Waals surface area contributed by atoms with E-state index in [1.165, 1.54) is 23.1 Å². The van der Waals surface area contributed by atoms with Gasteiger partial charge in [0, 0.05) is 19.4 Å². The largest absolute Gasteiger partial charge is 0.338 e. The number of amides is 1. The maximum absolute atomic E-state index is 12.2. The van der Waals surface area contributed by atoms with Gasteiger partial charge in [-0.2, -0.15) is 0 Å². The van der Waals surface area contributed by atoms with Gasteiger partial charge in [-0.3, -0.25) is 9.78 Å². The van der Waals surface area contributed by atoms with Gasteiger partial charge >= 0.3 is 0 Å². The van der Waals surface area contributed by atoms with Gasteiger partial charge in [0.2, 0.25) is 5.91 Å². The molecule has 106 valence electrons. The van der Waals surface area contributed by atoms with Crippen molar-refractivity contribution in [3.63, 3.8) is 0 Å². The lowest BCUT2D eigenvalue weighted by Crippen LogP contribution is -2.31. The van der Waals surface area contributed by atoms with Gasteiger partial charge in [0.1, 0.15) is 5.01 Å². The molecule has 0 unspecified atom stereocenters. The van der Waals surface area contributed by atoms with E-state index < -0.39 is 0 Å². The number of nitrogens with zero attached hydrogens (tertiary/aromatic N) is 4. The van der Waals surface area contributed by atoms with Crippen LogP contribution in [0.15, 0.2) is 28.9 Å². The number of carbonyl (C=O) groups is 1. The Bertz CT molecular complexity index is 573. The Morgan fingerprint density at radius 3 is 2.70 bits per heavy atom. The molecule has 0 aliphatic rings. The Hall–Kier alpha value is -1.47. The van der Waals surface area contributed by atoms with Gasteiger partial charge in [-0.25, -0.2) is 0 Å². The normalized spacial score (nSPS) is 12.2. The van der Waals surface area contributed by atoms with Gasteiger partial charge in [-0.1, -0.05) is 23.1 Å². The Balaban J connectivity index is 1.91. The van der Waals surface area contributed by atoms with Crippen molar-refractivity contribution in [2.24, 2.45) is 0 Å². The van der Waals surface area contributed by atoms with Crippen molar-refractivity contribution in [3.8, 4) is 0 Å². The van der Waals surface area contributed by atoms with Crippen molar-refractivity contribution >= 4 is 29.0 Å². The first kappa shape index (κ1) is 14.9. The maximum atomic E-state index is 12.2. The molecule has 7 heteroatoms. The van der Waals surface area contributed by atoms with E-state index in [2.05, 4.69) is 15.2 Å². The van der Waals surface area contributed by atoms with Crippen LogP contribution in [0.25, 0.3) is 0 Å². The minimum atomic E-state index is 0.0299. The Morgan fingerprint density at radius 1 is 1.40 bits per heavy atom. The molecule has 0 fully saturated rings. The van der Waals surface area contributed by atoms with Crippen molar-refractivity contribution in [3.05, 3.63) is 35.1 Å². The van der Waals surface area contributed by atoms with Crippen LogP contribution in [0, 0.1) is 6.92 Å². The molecule has 2 rings (SSSR count). The van der Waals surface area contributed by atoms with Crippen LogP contribution in [0.5, 0.6) is 0 Å². The van der Waals surface area contributed by atoms with Crippen LogP contribution in [-0.4, -0.2) is 38.8 Å². The summed E-state index contributed by atoms with van der Waals surface area (Å²) in [7, 11) is 1.82. The van der Waals surface area contributed by atoms with Gasteiger partial charge in [-0.15, -0.1) is 10.2 Å². The third-order valence-corrected chi connectivity index (χ3v) is 4.95. The molecule has 0 N–H and O–H groups in total. The van der Waals surface area contributed by atoms with Crippen LogP contribution in [0.4, 0.5) is 0 Å². The highest BCUT2D eigenvalue weighted by atomic mass is 32.2. The molecule has 1 atom stereocenters. The number of carbonyl (C=O) groups excluding carboxylic acids is 1. The molecule has 0 bridgehead atoms. The molecule has 0 aromatic carbocycles. The van der Waals surface area contributed by atoms with Crippen LogP contribution in [0.1, 0.15) is 23.5 Å². The summed E-state index contributed by atoms with van der Waals surface area (Å²) in [5.74, 6) is 0.452. The average molecular weight is 308 g/mol. The molecule has 2 aromatic heterocycles. The first-order valence-corrected chi connectivity index (χ1v) is 7.96.